The molecule has 30 heavy (non-hydrogen) atoms. The first-order valence-corrected chi connectivity index (χ1v) is 10.6. The SMILES string of the molecule is O=C(CSc1nnc(NC(=O)c2cc(Cl)ccc2Cl)s1)Nc1ccc([N+](=O)[O-])cc1. The van der Waals surface area contributed by atoms with Crippen molar-refractivity contribution in [1.82, 2.24) is 10.2 Å². The number of halogens is 2. The lowest BCUT2D eigenvalue weighted by Crippen LogP contribution is -2.13. The summed E-state index contributed by atoms with van der Waals surface area (Å²) < 4.78 is 0.473. The molecule has 0 saturated heterocycles. The summed E-state index contributed by atoms with van der Waals surface area (Å²) in [6, 6.07) is 10.0. The molecule has 0 unspecified atom stereocenters. The number of aromatic nitrogens is 2. The van der Waals surface area contributed by atoms with Gasteiger partial charge in [-0.1, -0.05) is 46.3 Å². The summed E-state index contributed by atoms with van der Waals surface area (Å²) in [7, 11) is 0. The fraction of sp³-hybridized carbons (Fsp3) is 0.0588. The number of carbonyl (C=O) groups is 2. The van der Waals surface area contributed by atoms with E-state index in [0.717, 1.165) is 23.1 Å². The van der Waals surface area contributed by atoms with Crippen molar-refractivity contribution in [2.75, 3.05) is 16.4 Å². The van der Waals surface area contributed by atoms with Crippen LogP contribution in [0.1, 0.15) is 10.4 Å². The van der Waals surface area contributed by atoms with E-state index in [1.54, 1.807) is 6.07 Å². The van der Waals surface area contributed by atoms with Crippen LogP contribution in [0.4, 0.5) is 16.5 Å². The molecule has 0 aliphatic carbocycles. The van der Waals surface area contributed by atoms with Gasteiger partial charge in [-0.3, -0.25) is 25.0 Å². The molecule has 0 bridgehead atoms. The summed E-state index contributed by atoms with van der Waals surface area (Å²) in [5.41, 5.74) is 0.579. The topological polar surface area (TPSA) is 127 Å². The molecule has 13 heteroatoms. The predicted octanol–water partition coefficient (Wildman–Crippen LogP) is 4.74. The van der Waals surface area contributed by atoms with E-state index in [9.17, 15) is 19.7 Å². The molecule has 154 valence electrons. The average molecular weight is 484 g/mol. The summed E-state index contributed by atoms with van der Waals surface area (Å²) in [4.78, 5) is 34.5. The number of rotatable bonds is 7. The minimum absolute atomic E-state index is 0.0414. The molecule has 0 saturated carbocycles. The van der Waals surface area contributed by atoms with Gasteiger partial charge in [0.1, 0.15) is 0 Å². The number of amides is 2. The van der Waals surface area contributed by atoms with Crippen LogP contribution in [0.5, 0.6) is 0 Å². The summed E-state index contributed by atoms with van der Waals surface area (Å²) in [6.07, 6.45) is 0. The molecule has 2 N–H and O–H groups in total. The number of hydrogen-bond acceptors (Lipinski definition) is 8. The fourth-order valence-electron chi connectivity index (χ4n) is 2.15. The average Bonchev–Trinajstić information content (AvgIpc) is 3.16. The van der Waals surface area contributed by atoms with Crippen molar-refractivity contribution in [3.8, 4) is 0 Å². The van der Waals surface area contributed by atoms with Gasteiger partial charge in [0.15, 0.2) is 4.34 Å². The maximum Gasteiger partial charge on any atom is 0.269 e. The maximum absolute atomic E-state index is 12.3. The molecule has 1 aromatic heterocycles. The van der Waals surface area contributed by atoms with E-state index in [0.29, 0.717) is 15.0 Å². The van der Waals surface area contributed by atoms with Gasteiger partial charge in [0, 0.05) is 22.8 Å². The summed E-state index contributed by atoms with van der Waals surface area (Å²) in [5, 5.41) is 24.5. The first-order valence-electron chi connectivity index (χ1n) is 8.09. The number of nitrogens with zero attached hydrogens (tertiary/aromatic N) is 3. The number of nitro groups is 1. The Kier molecular flexibility index (Phi) is 7.21. The van der Waals surface area contributed by atoms with Crippen LogP contribution < -0.4 is 10.6 Å². The number of nitro benzene ring substituents is 1. The Bertz CT molecular complexity index is 1110. The van der Waals surface area contributed by atoms with E-state index in [-0.39, 0.29) is 33.1 Å². The Hall–Kier alpha value is -2.73. The van der Waals surface area contributed by atoms with Crippen LogP contribution in [0, 0.1) is 10.1 Å². The number of non-ortho nitro benzene ring substituents is 1. The second-order valence-corrected chi connectivity index (χ2v) is 8.64. The number of nitrogens with one attached hydrogen (secondary N) is 2. The highest BCUT2D eigenvalue weighted by atomic mass is 35.5. The lowest BCUT2D eigenvalue weighted by Gasteiger charge is -2.04. The van der Waals surface area contributed by atoms with Crippen molar-refractivity contribution in [3.63, 3.8) is 0 Å². The third-order valence-electron chi connectivity index (χ3n) is 3.49. The zero-order valence-electron chi connectivity index (χ0n) is 14.8. The molecular formula is C17H11Cl2N5O4S2. The smallest absolute Gasteiger partial charge is 0.269 e. The quantitative estimate of drug-likeness (QED) is 0.215. The molecule has 1 heterocycles. The maximum atomic E-state index is 12.3. The van der Waals surface area contributed by atoms with Gasteiger partial charge >= 0.3 is 0 Å². The van der Waals surface area contributed by atoms with Crippen molar-refractivity contribution >= 4 is 74.6 Å². The van der Waals surface area contributed by atoms with Crippen LogP contribution in [0.15, 0.2) is 46.8 Å². The van der Waals surface area contributed by atoms with Gasteiger partial charge < -0.3 is 5.32 Å². The number of carbonyl (C=O) groups excluding carboxylic acids is 2. The fourth-order valence-corrected chi connectivity index (χ4v) is 4.07. The monoisotopic (exact) mass is 483 g/mol. The van der Waals surface area contributed by atoms with Crippen LogP contribution in [-0.4, -0.2) is 32.7 Å². The number of benzene rings is 2. The minimum Gasteiger partial charge on any atom is -0.325 e. The molecule has 2 amide bonds. The number of thioether (sulfide) groups is 1. The Morgan fingerprint density at radius 3 is 2.53 bits per heavy atom. The zero-order chi connectivity index (χ0) is 21.7. The first kappa shape index (κ1) is 22.0. The zero-order valence-corrected chi connectivity index (χ0v) is 17.9. The molecule has 0 aliphatic heterocycles. The predicted molar refractivity (Wildman–Crippen MR) is 117 cm³/mol. The van der Waals surface area contributed by atoms with E-state index >= 15 is 0 Å². The van der Waals surface area contributed by atoms with Crippen molar-refractivity contribution in [3.05, 3.63) is 68.2 Å². The third-order valence-corrected chi connectivity index (χ3v) is 6.03. The third kappa shape index (κ3) is 5.89. The first-order chi connectivity index (χ1) is 14.3. The molecule has 3 rings (SSSR count). The molecule has 2 aromatic carbocycles. The van der Waals surface area contributed by atoms with E-state index in [1.807, 2.05) is 0 Å². The lowest BCUT2D eigenvalue weighted by atomic mass is 10.2. The van der Waals surface area contributed by atoms with Gasteiger partial charge in [-0.25, -0.2) is 0 Å². The van der Waals surface area contributed by atoms with E-state index in [1.165, 1.54) is 36.4 Å². The Morgan fingerprint density at radius 2 is 1.83 bits per heavy atom. The second kappa shape index (κ2) is 9.85. The molecular weight excluding hydrogens is 473 g/mol. The highest BCUT2D eigenvalue weighted by Crippen LogP contribution is 2.27. The number of anilines is 2. The van der Waals surface area contributed by atoms with Crippen LogP contribution in [0.2, 0.25) is 10.0 Å². The van der Waals surface area contributed by atoms with Gasteiger partial charge in [0.25, 0.3) is 11.6 Å². The molecule has 0 atom stereocenters. The van der Waals surface area contributed by atoms with Crippen LogP contribution in [0.25, 0.3) is 0 Å². The second-order valence-electron chi connectivity index (χ2n) is 5.59. The molecule has 9 nitrogen and oxygen atoms in total. The van der Waals surface area contributed by atoms with Gasteiger partial charge in [-0.15, -0.1) is 10.2 Å². The Labute approximate surface area is 187 Å². The highest BCUT2D eigenvalue weighted by Gasteiger charge is 2.15. The van der Waals surface area contributed by atoms with E-state index < -0.39 is 10.8 Å². The lowest BCUT2D eigenvalue weighted by molar-refractivity contribution is -0.384. The van der Waals surface area contributed by atoms with Crippen LogP contribution in [-0.2, 0) is 4.79 Å². The summed E-state index contributed by atoms with van der Waals surface area (Å²) in [6.45, 7) is 0. The largest absolute Gasteiger partial charge is 0.325 e. The van der Waals surface area contributed by atoms with Crippen molar-refractivity contribution in [2.24, 2.45) is 0 Å². The Balaban J connectivity index is 1.52. The van der Waals surface area contributed by atoms with Crippen molar-refractivity contribution in [2.45, 2.75) is 4.34 Å². The molecule has 0 aliphatic rings. The van der Waals surface area contributed by atoms with Gasteiger partial charge in [-0.05, 0) is 30.3 Å². The molecule has 0 spiro atoms. The Morgan fingerprint density at radius 1 is 1.10 bits per heavy atom. The molecule has 3 aromatic rings. The van der Waals surface area contributed by atoms with Gasteiger partial charge in [0.2, 0.25) is 11.0 Å². The molecule has 0 radical (unpaired) electrons. The van der Waals surface area contributed by atoms with E-state index in [2.05, 4.69) is 20.8 Å². The minimum atomic E-state index is -0.520. The summed E-state index contributed by atoms with van der Waals surface area (Å²) in [5.74, 6) is -0.758. The van der Waals surface area contributed by atoms with Gasteiger partial charge in [-0.2, -0.15) is 0 Å². The van der Waals surface area contributed by atoms with Crippen LogP contribution in [0.3, 0.4) is 0 Å². The number of hydrogen-bond donors (Lipinski definition) is 2. The normalized spacial score (nSPS) is 10.5. The highest BCUT2D eigenvalue weighted by molar-refractivity contribution is 8.01. The molecule has 0 fully saturated rings. The summed E-state index contributed by atoms with van der Waals surface area (Å²) >= 11 is 14.1. The van der Waals surface area contributed by atoms with E-state index in [4.69, 9.17) is 23.2 Å². The van der Waals surface area contributed by atoms with Crippen molar-refractivity contribution < 1.29 is 14.5 Å². The van der Waals surface area contributed by atoms with Crippen LogP contribution >= 0.6 is 46.3 Å². The van der Waals surface area contributed by atoms with Crippen molar-refractivity contribution in [1.29, 1.82) is 0 Å². The van der Waals surface area contributed by atoms with Gasteiger partial charge in [0.05, 0.1) is 21.3 Å². The standard InChI is InChI=1S/C17H11Cl2N5O4S2/c18-9-1-6-13(19)12(7-9)15(26)21-16-22-23-17(30-16)29-8-14(25)20-10-2-4-11(5-3-10)24(27)28/h1-7H,8H2,(H,20,25)(H,21,22,26).